The van der Waals surface area contributed by atoms with E-state index in [4.69, 9.17) is 4.42 Å². The average Bonchev–Trinajstić information content (AvgIpc) is 3.22. The number of carbonyl (C=O) groups is 1. The molecule has 3 aromatic rings. The summed E-state index contributed by atoms with van der Waals surface area (Å²) in [7, 11) is -3.76. The molecule has 0 aliphatic carbocycles. The number of furan rings is 1. The lowest BCUT2D eigenvalue weighted by Crippen LogP contribution is -2.28. The van der Waals surface area contributed by atoms with Gasteiger partial charge in [0.05, 0.1) is 17.7 Å². The molecular weight excluding hydrogens is 380 g/mol. The van der Waals surface area contributed by atoms with Gasteiger partial charge in [-0.3, -0.25) is 9.52 Å². The van der Waals surface area contributed by atoms with Gasteiger partial charge in [-0.25, -0.2) is 8.42 Å². The maximum absolute atomic E-state index is 12.5. The smallest absolute Gasteiger partial charge is 0.261 e. The van der Waals surface area contributed by atoms with Crippen molar-refractivity contribution in [2.24, 2.45) is 0 Å². The van der Waals surface area contributed by atoms with Crippen molar-refractivity contribution in [3.8, 4) is 0 Å². The summed E-state index contributed by atoms with van der Waals surface area (Å²) in [5.41, 5.74) is 1.76. The Balaban J connectivity index is 1.63. The molecule has 1 atom stereocenters. The summed E-state index contributed by atoms with van der Waals surface area (Å²) in [5.74, 6) is -0.0787. The molecule has 1 heterocycles. The van der Waals surface area contributed by atoms with Crippen LogP contribution in [0.15, 0.2) is 76.2 Å². The van der Waals surface area contributed by atoms with Crippen molar-refractivity contribution in [3.63, 3.8) is 0 Å². The van der Waals surface area contributed by atoms with Gasteiger partial charge in [-0.15, -0.1) is 0 Å². The minimum Gasteiger partial charge on any atom is -0.467 e. The lowest BCUT2D eigenvalue weighted by molar-refractivity contribution is 0.0901. The van der Waals surface area contributed by atoms with Gasteiger partial charge in [-0.1, -0.05) is 17.7 Å². The van der Waals surface area contributed by atoms with Crippen LogP contribution in [0.2, 0.25) is 0 Å². The summed E-state index contributed by atoms with van der Waals surface area (Å²) in [6.07, 6.45) is 0.474. The molecular formula is C20H20N2O5S. The van der Waals surface area contributed by atoms with Crippen LogP contribution in [-0.4, -0.2) is 26.0 Å². The van der Waals surface area contributed by atoms with Crippen LogP contribution in [0.1, 0.15) is 27.8 Å². The summed E-state index contributed by atoms with van der Waals surface area (Å²) < 4.78 is 32.5. The van der Waals surface area contributed by atoms with Crippen molar-refractivity contribution in [3.05, 3.63) is 83.8 Å². The molecule has 0 radical (unpaired) electrons. The monoisotopic (exact) mass is 400 g/mol. The Morgan fingerprint density at radius 1 is 1.07 bits per heavy atom. The number of rotatable bonds is 7. The van der Waals surface area contributed by atoms with E-state index in [2.05, 4.69) is 10.0 Å². The first-order chi connectivity index (χ1) is 13.3. The van der Waals surface area contributed by atoms with Crippen molar-refractivity contribution in [2.45, 2.75) is 17.9 Å². The molecule has 0 saturated carbocycles. The van der Waals surface area contributed by atoms with Gasteiger partial charge in [0.1, 0.15) is 11.9 Å². The topological polar surface area (TPSA) is 109 Å². The molecule has 1 aromatic heterocycles. The maximum Gasteiger partial charge on any atom is 0.261 e. The Morgan fingerprint density at radius 2 is 1.75 bits per heavy atom. The van der Waals surface area contributed by atoms with Crippen molar-refractivity contribution < 1.29 is 22.7 Å². The third-order valence-corrected chi connectivity index (χ3v) is 5.46. The summed E-state index contributed by atoms with van der Waals surface area (Å²) in [6.45, 7) is 1.89. The first kappa shape index (κ1) is 19.7. The van der Waals surface area contributed by atoms with Crippen LogP contribution in [0.4, 0.5) is 5.69 Å². The minimum absolute atomic E-state index is 0.0264. The van der Waals surface area contributed by atoms with Gasteiger partial charge in [0.25, 0.3) is 15.9 Å². The number of nitrogens with one attached hydrogen (secondary N) is 2. The highest BCUT2D eigenvalue weighted by Gasteiger charge is 2.16. The molecule has 1 unspecified atom stereocenters. The third kappa shape index (κ3) is 4.79. The molecule has 3 rings (SSSR count). The number of anilines is 1. The van der Waals surface area contributed by atoms with Gasteiger partial charge >= 0.3 is 0 Å². The largest absolute Gasteiger partial charge is 0.467 e. The van der Waals surface area contributed by atoms with E-state index in [9.17, 15) is 18.3 Å². The number of benzene rings is 2. The predicted octanol–water partition coefficient (Wildman–Crippen LogP) is 2.85. The number of hydrogen-bond donors (Lipinski definition) is 3. The Hall–Kier alpha value is -3.10. The maximum atomic E-state index is 12.5. The summed E-state index contributed by atoms with van der Waals surface area (Å²) in [4.78, 5) is 12.2. The van der Waals surface area contributed by atoms with Crippen molar-refractivity contribution >= 4 is 21.6 Å². The van der Waals surface area contributed by atoms with Gasteiger partial charge in [-0.2, -0.15) is 0 Å². The summed E-state index contributed by atoms with van der Waals surface area (Å²) >= 11 is 0. The Bertz CT molecular complexity index is 1030. The number of sulfonamides is 1. The number of aliphatic hydroxyl groups excluding tert-OH is 1. The second-order valence-electron chi connectivity index (χ2n) is 6.24. The van der Waals surface area contributed by atoms with E-state index >= 15 is 0 Å². The van der Waals surface area contributed by atoms with Crippen molar-refractivity contribution in [2.75, 3.05) is 11.3 Å². The van der Waals surface area contributed by atoms with Crippen molar-refractivity contribution in [1.82, 2.24) is 5.32 Å². The molecule has 8 heteroatoms. The Kier molecular flexibility index (Phi) is 5.81. The van der Waals surface area contributed by atoms with E-state index in [0.717, 1.165) is 5.56 Å². The van der Waals surface area contributed by atoms with E-state index in [-0.39, 0.29) is 17.0 Å². The fourth-order valence-electron chi connectivity index (χ4n) is 2.49. The number of hydrogen-bond acceptors (Lipinski definition) is 5. The van der Waals surface area contributed by atoms with E-state index in [1.54, 1.807) is 24.3 Å². The quantitative estimate of drug-likeness (QED) is 0.565. The fourth-order valence-corrected chi connectivity index (χ4v) is 3.55. The van der Waals surface area contributed by atoms with E-state index < -0.39 is 22.0 Å². The Labute approximate surface area is 163 Å². The summed E-state index contributed by atoms with van der Waals surface area (Å²) in [5, 5.41) is 12.5. The molecule has 1 amide bonds. The van der Waals surface area contributed by atoms with Crippen LogP contribution in [0, 0.1) is 6.92 Å². The van der Waals surface area contributed by atoms with Crippen LogP contribution < -0.4 is 10.0 Å². The molecule has 7 nitrogen and oxygen atoms in total. The molecule has 0 aliphatic rings. The highest BCUT2D eigenvalue weighted by molar-refractivity contribution is 7.92. The minimum atomic E-state index is -3.76. The molecule has 0 bridgehead atoms. The fraction of sp³-hybridized carbons (Fsp3) is 0.150. The zero-order valence-corrected chi connectivity index (χ0v) is 15.9. The van der Waals surface area contributed by atoms with Crippen LogP contribution in [-0.2, 0) is 10.0 Å². The van der Waals surface area contributed by atoms with Gasteiger partial charge in [0.15, 0.2) is 0 Å². The van der Waals surface area contributed by atoms with E-state index in [1.165, 1.54) is 30.5 Å². The lowest BCUT2D eigenvalue weighted by Gasteiger charge is -2.11. The first-order valence-electron chi connectivity index (χ1n) is 8.54. The molecule has 3 N–H and O–H groups in total. The normalized spacial score (nSPS) is 12.4. The van der Waals surface area contributed by atoms with Gasteiger partial charge < -0.3 is 14.8 Å². The molecule has 28 heavy (non-hydrogen) atoms. The highest BCUT2D eigenvalue weighted by Crippen LogP contribution is 2.17. The number of aliphatic hydroxyl groups is 1. The number of carbonyl (C=O) groups excluding carboxylic acids is 1. The number of aryl methyl sites for hydroxylation is 1. The van der Waals surface area contributed by atoms with E-state index in [1.807, 2.05) is 19.1 Å². The van der Waals surface area contributed by atoms with Gasteiger partial charge in [0, 0.05) is 11.3 Å². The lowest BCUT2D eigenvalue weighted by atomic mass is 10.2. The molecule has 2 aromatic carbocycles. The summed E-state index contributed by atoms with van der Waals surface area (Å²) in [6, 6.07) is 15.8. The van der Waals surface area contributed by atoms with Gasteiger partial charge in [0.2, 0.25) is 0 Å². The second kappa shape index (κ2) is 8.28. The number of amides is 1. The van der Waals surface area contributed by atoms with Crippen LogP contribution in [0.3, 0.4) is 0 Å². The highest BCUT2D eigenvalue weighted by atomic mass is 32.2. The van der Waals surface area contributed by atoms with Crippen LogP contribution in [0.5, 0.6) is 0 Å². The van der Waals surface area contributed by atoms with Gasteiger partial charge in [-0.05, 0) is 55.5 Å². The molecule has 0 aliphatic heterocycles. The molecule has 0 saturated heterocycles. The predicted molar refractivity (Wildman–Crippen MR) is 104 cm³/mol. The average molecular weight is 400 g/mol. The molecule has 0 spiro atoms. The van der Waals surface area contributed by atoms with Crippen LogP contribution in [0.25, 0.3) is 0 Å². The van der Waals surface area contributed by atoms with E-state index in [0.29, 0.717) is 11.4 Å². The standard InChI is InChI=1S/C20H20N2O5S/c1-14-4-8-16(9-5-14)22-28(25,26)17-10-6-15(7-11-17)20(24)21-13-18(23)19-3-2-12-27-19/h2-12,18,22-23H,13H2,1H3,(H,21,24). The zero-order valence-electron chi connectivity index (χ0n) is 15.1. The van der Waals surface area contributed by atoms with Crippen molar-refractivity contribution in [1.29, 1.82) is 0 Å². The third-order valence-electron chi connectivity index (χ3n) is 4.06. The molecule has 0 fully saturated rings. The zero-order chi connectivity index (χ0) is 20.1. The van der Waals surface area contributed by atoms with Crippen LogP contribution >= 0.6 is 0 Å². The molecule has 146 valence electrons. The SMILES string of the molecule is Cc1ccc(NS(=O)(=O)c2ccc(C(=O)NCC(O)c3ccco3)cc2)cc1. The Morgan fingerprint density at radius 3 is 2.36 bits per heavy atom. The first-order valence-corrected chi connectivity index (χ1v) is 10.0. The second-order valence-corrected chi connectivity index (χ2v) is 7.92.